The van der Waals surface area contributed by atoms with Crippen molar-refractivity contribution in [2.45, 2.75) is 19.1 Å². The Morgan fingerprint density at radius 3 is 2.61 bits per heavy atom. The van der Waals surface area contributed by atoms with Gasteiger partial charge in [-0.3, -0.25) is 9.59 Å². The van der Waals surface area contributed by atoms with Gasteiger partial charge in [-0.15, -0.1) is 11.8 Å². The van der Waals surface area contributed by atoms with Crippen LogP contribution in [0.25, 0.3) is 0 Å². The zero-order valence-electron chi connectivity index (χ0n) is 12.7. The minimum Gasteiger partial charge on any atom is -0.508 e. The predicted molar refractivity (Wildman–Crippen MR) is 88.5 cm³/mol. The van der Waals surface area contributed by atoms with Gasteiger partial charge in [0.15, 0.2) is 5.82 Å². The van der Waals surface area contributed by atoms with Gasteiger partial charge < -0.3 is 20.3 Å². The molecule has 1 heterocycles. The van der Waals surface area contributed by atoms with Gasteiger partial charge in [-0.2, -0.15) is 0 Å². The molecule has 8 heteroatoms. The minimum absolute atomic E-state index is 0.130. The first-order valence-electron chi connectivity index (χ1n) is 6.88. The van der Waals surface area contributed by atoms with Gasteiger partial charge >= 0.3 is 0 Å². The lowest BCUT2D eigenvalue weighted by Crippen LogP contribution is -2.25. The number of nitrogens with one attached hydrogen (secondary N) is 2. The fourth-order valence-electron chi connectivity index (χ4n) is 1.67. The number of anilines is 2. The number of phenolic OH excluding ortho intramolecular Hbond substituents is 1. The van der Waals surface area contributed by atoms with Crippen LogP contribution in [0.15, 0.2) is 34.9 Å². The molecule has 0 aliphatic heterocycles. The number of aryl methyl sites for hydroxylation is 1. The summed E-state index contributed by atoms with van der Waals surface area (Å²) in [7, 11) is 0. The molecule has 0 unspecified atom stereocenters. The molecule has 0 aliphatic carbocycles. The maximum atomic E-state index is 12.0. The summed E-state index contributed by atoms with van der Waals surface area (Å²) in [6.07, 6.45) is 0. The van der Waals surface area contributed by atoms with E-state index < -0.39 is 5.25 Å². The fourth-order valence-corrected chi connectivity index (χ4v) is 2.36. The van der Waals surface area contributed by atoms with Gasteiger partial charge in [-0.05, 0) is 38.1 Å². The highest BCUT2D eigenvalue weighted by Gasteiger charge is 2.16. The van der Waals surface area contributed by atoms with Crippen LogP contribution >= 0.6 is 11.8 Å². The average Bonchev–Trinajstić information content (AvgIpc) is 2.92. The quantitative estimate of drug-likeness (QED) is 0.700. The summed E-state index contributed by atoms with van der Waals surface area (Å²) in [6.45, 7) is 3.44. The first kappa shape index (κ1) is 16.9. The van der Waals surface area contributed by atoms with Crippen LogP contribution < -0.4 is 10.6 Å². The highest BCUT2D eigenvalue weighted by atomic mass is 32.2. The Morgan fingerprint density at radius 1 is 1.30 bits per heavy atom. The molecule has 1 aromatic heterocycles. The third kappa shape index (κ3) is 5.33. The van der Waals surface area contributed by atoms with Crippen LogP contribution in [0.2, 0.25) is 0 Å². The van der Waals surface area contributed by atoms with E-state index in [0.29, 0.717) is 17.3 Å². The molecule has 1 aromatic carbocycles. The van der Waals surface area contributed by atoms with Crippen molar-refractivity contribution in [2.75, 3.05) is 16.4 Å². The summed E-state index contributed by atoms with van der Waals surface area (Å²) < 4.78 is 4.86. The zero-order valence-corrected chi connectivity index (χ0v) is 13.5. The minimum atomic E-state index is -0.419. The van der Waals surface area contributed by atoms with Crippen molar-refractivity contribution >= 4 is 35.1 Å². The first-order chi connectivity index (χ1) is 10.9. The zero-order chi connectivity index (χ0) is 16.8. The molecule has 1 atom stereocenters. The van der Waals surface area contributed by atoms with E-state index >= 15 is 0 Å². The molecular weight excluding hydrogens is 318 g/mol. The molecule has 0 fully saturated rings. The molecule has 122 valence electrons. The molecule has 0 spiro atoms. The van der Waals surface area contributed by atoms with Crippen molar-refractivity contribution in [3.63, 3.8) is 0 Å². The Labute approximate surface area is 137 Å². The van der Waals surface area contributed by atoms with E-state index in [0.717, 1.165) is 0 Å². The Hall–Kier alpha value is -2.48. The average molecular weight is 335 g/mol. The molecule has 2 aromatic rings. The van der Waals surface area contributed by atoms with Gasteiger partial charge in [0.25, 0.3) is 0 Å². The van der Waals surface area contributed by atoms with Crippen LogP contribution in [-0.4, -0.2) is 33.1 Å². The second-order valence-corrected chi connectivity index (χ2v) is 6.19. The van der Waals surface area contributed by atoms with Gasteiger partial charge in [0.05, 0.1) is 11.0 Å². The largest absolute Gasteiger partial charge is 0.508 e. The number of thioether (sulfide) groups is 1. The SMILES string of the molecule is Cc1cc(NC(=O)[C@H](C)SCC(=O)Nc2ccc(O)cc2)no1. The van der Waals surface area contributed by atoms with Gasteiger partial charge in [0, 0.05) is 11.8 Å². The summed E-state index contributed by atoms with van der Waals surface area (Å²) in [5.74, 6) is 0.749. The summed E-state index contributed by atoms with van der Waals surface area (Å²) in [5.41, 5.74) is 0.587. The van der Waals surface area contributed by atoms with Crippen molar-refractivity contribution in [3.8, 4) is 5.75 Å². The van der Waals surface area contributed by atoms with Crippen LogP contribution in [0.3, 0.4) is 0 Å². The molecule has 0 radical (unpaired) electrons. The maximum absolute atomic E-state index is 12.0. The van der Waals surface area contributed by atoms with E-state index in [9.17, 15) is 14.7 Å². The number of hydrogen-bond acceptors (Lipinski definition) is 6. The third-order valence-electron chi connectivity index (χ3n) is 2.86. The lowest BCUT2D eigenvalue weighted by molar-refractivity contribution is -0.115. The number of phenols is 1. The summed E-state index contributed by atoms with van der Waals surface area (Å²) in [4.78, 5) is 23.8. The van der Waals surface area contributed by atoms with Crippen LogP contribution in [0.4, 0.5) is 11.5 Å². The smallest absolute Gasteiger partial charge is 0.238 e. The highest BCUT2D eigenvalue weighted by Crippen LogP contribution is 2.16. The number of hydrogen-bond donors (Lipinski definition) is 3. The van der Waals surface area contributed by atoms with E-state index in [1.807, 2.05) is 0 Å². The number of carbonyl (C=O) groups excluding carboxylic acids is 2. The van der Waals surface area contributed by atoms with Gasteiger partial charge in [0.2, 0.25) is 11.8 Å². The van der Waals surface area contributed by atoms with Crippen LogP contribution in [0.1, 0.15) is 12.7 Å². The number of nitrogens with zero attached hydrogens (tertiary/aromatic N) is 1. The summed E-state index contributed by atoms with van der Waals surface area (Å²) in [6, 6.07) is 7.78. The topological polar surface area (TPSA) is 104 Å². The van der Waals surface area contributed by atoms with Crippen molar-refractivity contribution in [3.05, 3.63) is 36.1 Å². The van der Waals surface area contributed by atoms with Crippen molar-refractivity contribution in [1.82, 2.24) is 5.16 Å². The van der Waals surface area contributed by atoms with Crippen LogP contribution in [0, 0.1) is 6.92 Å². The van der Waals surface area contributed by atoms with E-state index in [4.69, 9.17) is 4.52 Å². The van der Waals surface area contributed by atoms with Gasteiger partial charge in [-0.1, -0.05) is 5.16 Å². The first-order valence-corrected chi connectivity index (χ1v) is 7.93. The second-order valence-electron chi connectivity index (χ2n) is 4.86. The van der Waals surface area contributed by atoms with E-state index in [2.05, 4.69) is 15.8 Å². The molecule has 23 heavy (non-hydrogen) atoms. The van der Waals surface area contributed by atoms with Crippen molar-refractivity contribution < 1.29 is 19.2 Å². The Kier molecular flexibility index (Phi) is 5.64. The van der Waals surface area contributed by atoms with Crippen molar-refractivity contribution in [1.29, 1.82) is 0 Å². The van der Waals surface area contributed by atoms with Crippen LogP contribution in [-0.2, 0) is 9.59 Å². The number of carbonyl (C=O) groups is 2. The molecule has 7 nitrogen and oxygen atoms in total. The Bertz CT molecular complexity index is 684. The van der Waals surface area contributed by atoms with Gasteiger partial charge in [0.1, 0.15) is 11.5 Å². The fraction of sp³-hybridized carbons (Fsp3) is 0.267. The highest BCUT2D eigenvalue weighted by molar-refractivity contribution is 8.01. The summed E-state index contributed by atoms with van der Waals surface area (Å²) >= 11 is 1.21. The molecular formula is C15H17N3O4S. The molecule has 0 saturated heterocycles. The molecule has 0 aliphatic rings. The normalized spacial score (nSPS) is 11.7. The Morgan fingerprint density at radius 2 is 2.00 bits per heavy atom. The standard InChI is InChI=1S/C15H17N3O4S/c1-9-7-13(18-22-9)17-15(21)10(2)23-8-14(20)16-11-3-5-12(19)6-4-11/h3-7,10,19H,8H2,1-2H3,(H,16,20)(H,17,18,21)/t10-/m0/s1. The lowest BCUT2D eigenvalue weighted by atomic mass is 10.3. The monoisotopic (exact) mass is 335 g/mol. The number of benzene rings is 1. The second kappa shape index (κ2) is 7.68. The summed E-state index contributed by atoms with van der Waals surface area (Å²) in [5, 5.41) is 17.7. The molecule has 3 N–H and O–H groups in total. The Balaban J connectivity index is 1.76. The number of amides is 2. The lowest BCUT2D eigenvalue weighted by Gasteiger charge is -2.10. The predicted octanol–water partition coefficient (Wildman–Crippen LogP) is 2.39. The third-order valence-corrected chi connectivity index (χ3v) is 4.01. The van der Waals surface area contributed by atoms with Crippen LogP contribution in [0.5, 0.6) is 5.75 Å². The molecule has 0 saturated carbocycles. The number of aromatic hydroxyl groups is 1. The van der Waals surface area contributed by atoms with E-state index in [1.54, 1.807) is 32.0 Å². The maximum Gasteiger partial charge on any atom is 0.238 e. The molecule has 2 rings (SSSR count). The number of aromatic nitrogens is 1. The molecule has 2 amide bonds. The number of rotatable bonds is 6. The van der Waals surface area contributed by atoms with E-state index in [1.165, 1.54) is 23.9 Å². The van der Waals surface area contributed by atoms with Crippen molar-refractivity contribution in [2.24, 2.45) is 0 Å². The molecule has 0 bridgehead atoms. The van der Waals surface area contributed by atoms with E-state index in [-0.39, 0.29) is 23.3 Å². The van der Waals surface area contributed by atoms with Gasteiger partial charge in [-0.25, -0.2) is 0 Å².